The number of methoxy groups -OCH3 is 2. The lowest BCUT2D eigenvalue weighted by Gasteiger charge is -2.35. The van der Waals surface area contributed by atoms with Gasteiger partial charge in [0.2, 0.25) is 23.6 Å². The van der Waals surface area contributed by atoms with Gasteiger partial charge in [0.15, 0.2) is 0 Å². The minimum Gasteiger partial charge on any atom is -0.480 e. The predicted molar refractivity (Wildman–Crippen MR) is 182 cm³/mol. The fraction of sp³-hybridized carbons (Fsp3) is 0.686. The van der Waals surface area contributed by atoms with Crippen LogP contribution in [0.3, 0.4) is 0 Å². The zero-order chi connectivity index (χ0) is 36.1. The third-order valence-corrected chi connectivity index (χ3v) is 9.15. The molecule has 0 bridgehead atoms. The Bertz CT molecular complexity index is 1210. The summed E-state index contributed by atoms with van der Waals surface area (Å²) in [6, 6.07) is 6.35. The van der Waals surface area contributed by atoms with Gasteiger partial charge in [0.25, 0.3) is 0 Å². The molecule has 1 fully saturated rings. The molecule has 1 saturated heterocycles. The van der Waals surface area contributed by atoms with Crippen LogP contribution in [0.15, 0.2) is 30.3 Å². The highest BCUT2D eigenvalue weighted by atomic mass is 16.5. The van der Waals surface area contributed by atoms with Crippen LogP contribution in [0.5, 0.6) is 0 Å². The van der Waals surface area contributed by atoms with E-state index in [1.165, 1.54) is 19.1 Å². The van der Waals surface area contributed by atoms with Crippen molar-refractivity contribution < 1.29 is 38.6 Å². The summed E-state index contributed by atoms with van der Waals surface area (Å²) in [5.41, 5.74) is 0.784. The second-order valence-electron chi connectivity index (χ2n) is 13.4. The van der Waals surface area contributed by atoms with E-state index in [1.807, 2.05) is 45.9 Å². The number of hydrogen-bond donors (Lipinski definition) is 4. The van der Waals surface area contributed by atoms with E-state index >= 15 is 0 Å². The molecule has 1 aromatic rings. The summed E-state index contributed by atoms with van der Waals surface area (Å²) in [5, 5.41) is 18.3. The second-order valence-corrected chi connectivity index (χ2v) is 13.4. The van der Waals surface area contributed by atoms with Crippen molar-refractivity contribution in [3.05, 3.63) is 35.9 Å². The highest BCUT2D eigenvalue weighted by Gasteiger charge is 2.41. The van der Waals surface area contributed by atoms with Crippen LogP contribution < -0.4 is 16.0 Å². The SMILES string of the molecule is CN[C@H](C(=O)N[C@@H](C(=O)N(C)C[C@@H](CC(=O)N1CCC[C@H]1[C@H](OC)[C@@H](C)C(=O)N[C@H](Cc1ccccc1)C(=O)O)OC)C(C)C)C(C)C. The van der Waals surface area contributed by atoms with Crippen LogP contribution in [0.2, 0.25) is 0 Å². The van der Waals surface area contributed by atoms with Crippen molar-refractivity contribution in [2.24, 2.45) is 17.8 Å². The monoisotopic (exact) mass is 675 g/mol. The Morgan fingerprint density at radius 1 is 0.938 bits per heavy atom. The second kappa shape index (κ2) is 19.4. The first kappa shape index (κ1) is 40.6. The first-order valence-electron chi connectivity index (χ1n) is 16.8. The summed E-state index contributed by atoms with van der Waals surface area (Å²) in [6.45, 7) is 9.86. The van der Waals surface area contributed by atoms with Crippen molar-refractivity contribution in [1.82, 2.24) is 25.8 Å². The summed E-state index contributed by atoms with van der Waals surface area (Å²) >= 11 is 0. The van der Waals surface area contributed by atoms with Gasteiger partial charge in [0, 0.05) is 40.8 Å². The van der Waals surface area contributed by atoms with Gasteiger partial charge < -0.3 is 40.3 Å². The van der Waals surface area contributed by atoms with Gasteiger partial charge in [-0.3, -0.25) is 19.2 Å². The molecule has 0 radical (unpaired) electrons. The molecule has 0 aromatic heterocycles. The number of carboxylic acid groups (broad SMARTS) is 1. The fourth-order valence-corrected chi connectivity index (χ4v) is 6.33. The van der Waals surface area contributed by atoms with E-state index in [0.29, 0.717) is 19.4 Å². The number of carboxylic acids is 1. The smallest absolute Gasteiger partial charge is 0.326 e. The third kappa shape index (κ3) is 11.3. The number of carbonyl (C=O) groups excluding carboxylic acids is 4. The Balaban J connectivity index is 2.08. The largest absolute Gasteiger partial charge is 0.480 e. The third-order valence-electron chi connectivity index (χ3n) is 9.15. The lowest BCUT2D eigenvalue weighted by Crippen LogP contribution is -2.56. The average molecular weight is 676 g/mol. The molecule has 4 amide bonds. The number of likely N-dealkylation sites (N-methyl/N-ethyl adjacent to an activating group) is 2. The number of hydrogen-bond acceptors (Lipinski definition) is 8. The maximum absolute atomic E-state index is 13.7. The standard InChI is InChI=1S/C35H57N5O8/c1-21(2)29(36-6)33(43)38-30(22(3)4)34(44)39(7)20-25(47-8)19-28(41)40-17-13-16-27(40)31(48-9)23(5)32(42)37-26(35(45)46)18-24-14-11-10-12-15-24/h10-12,14-15,21-23,25-27,29-31,36H,13,16-20H2,1-9H3,(H,37,42)(H,38,43)(H,45,46)/t23-,25-,26-,27+,29+,30-,31-/m1/s1. The Hall–Kier alpha value is -3.55. The Labute approximate surface area is 285 Å². The van der Waals surface area contributed by atoms with Gasteiger partial charge in [-0.25, -0.2) is 4.79 Å². The normalized spacial score (nSPS) is 18.5. The van der Waals surface area contributed by atoms with E-state index in [-0.39, 0.29) is 48.9 Å². The molecular weight excluding hydrogens is 618 g/mol. The fourth-order valence-electron chi connectivity index (χ4n) is 6.33. The van der Waals surface area contributed by atoms with Crippen molar-refractivity contribution in [3.8, 4) is 0 Å². The summed E-state index contributed by atoms with van der Waals surface area (Å²) in [4.78, 5) is 68.5. The van der Waals surface area contributed by atoms with E-state index in [0.717, 1.165) is 5.56 Å². The van der Waals surface area contributed by atoms with E-state index < -0.39 is 54.2 Å². The van der Waals surface area contributed by atoms with Crippen LogP contribution >= 0.6 is 0 Å². The number of rotatable bonds is 19. The molecule has 1 heterocycles. The minimum atomic E-state index is -1.14. The maximum atomic E-state index is 13.7. The number of nitrogens with one attached hydrogen (secondary N) is 3. The molecule has 0 unspecified atom stereocenters. The summed E-state index contributed by atoms with van der Waals surface area (Å²) in [7, 11) is 6.30. The van der Waals surface area contributed by atoms with E-state index in [1.54, 1.807) is 38.1 Å². The van der Waals surface area contributed by atoms with Gasteiger partial charge >= 0.3 is 5.97 Å². The summed E-state index contributed by atoms with van der Waals surface area (Å²) in [5.74, 6) is -3.22. The van der Waals surface area contributed by atoms with E-state index in [4.69, 9.17) is 9.47 Å². The van der Waals surface area contributed by atoms with E-state index in [2.05, 4.69) is 16.0 Å². The van der Waals surface area contributed by atoms with Crippen LogP contribution in [-0.4, -0.2) is 122 Å². The first-order valence-corrected chi connectivity index (χ1v) is 16.8. The number of benzene rings is 1. The van der Waals surface area contributed by atoms with Crippen LogP contribution in [0.1, 0.15) is 59.4 Å². The van der Waals surface area contributed by atoms with Crippen LogP contribution in [0.4, 0.5) is 0 Å². The Morgan fingerprint density at radius 3 is 2.08 bits per heavy atom. The molecule has 1 aliphatic rings. The molecule has 13 heteroatoms. The molecule has 4 N–H and O–H groups in total. The lowest BCUT2D eigenvalue weighted by molar-refractivity contribution is -0.145. The number of likely N-dealkylation sites (tertiary alicyclic amines) is 1. The number of nitrogens with zero attached hydrogens (tertiary/aromatic N) is 2. The molecule has 2 rings (SSSR count). The van der Waals surface area contributed by atoms with Crippen molar-refractivity contribution >= 4 is 29.6 Å². The summed E-state index contributed by atoms with van der Waals surface area (Å²) < 4.78 is 11.4. The zero-order valence-corrected chi connectivity index (χ0v) is 30.0. The van der Waals surface area contributed by atoms with Gasteiger partial charge in [-0.05, 0) is 37.3 Å². The van der Waals surface area contributed by atoms with Gasteiger partial charge in [0.1, 0.15) is 12.1 Å². The molecule has 13 nitrogen and oxygen atoms in total. The van der Waals surface area contributed by atoms with E-state index in [9.17, 15) is 29.1 Å². The quantitative estimate of drug-likeness (QED) is 0.171. The molecule has 7 atom stereocenters. The van der Waals surface area contributed by atoms with Crippen LogP contribution in [0, 0.1) is 17.8 Å². The van der Waals surface area contributed by atoms with Crippen molar-refractivity contribution in [3.63, 3.8) is 0 Å². The summed E-state index contributed by atoms with van der Waals surface area (Å²) in [6.07, 6.45) is 0.168. The van der Waals surface area contributed by atoms with Crippen molar-refractivity contribution in [2.45, 2.75) is 96.7 Å². The molecule has 0 saturated carbocycles. The number of carbonyl (C=O) groups is 5. The molecule has 0 aliphatic carbocycles. The molecule has 1 aliphatic heterocycles. The molecule has 270 valence electrons. The highest BCUT2D eigenvalue weighted by Crippen LogP contribution is 2.28. The number of aliphatic carboxylic acids is 1. The Kier molecular flexibility index (Phi) is 16.5. The topological polar surface area (TPSA) is 167 Å². The molecule has 48 heavy (non-hydrogen) atoms. The lowest BCUT2D eigenvalue weighted by atomic mass is 9.94. The highest BCUT2D eigenvalue weighted by molar-refractivity contribution is 5.90. The first-order chi connectivity index (χ1) is 22.7. The van der Waals surface area contributed by atoms with Crippen LogP contribution in [-0.2, 0) is 39.9 Å². The van der Waals surface area contributed by atoms with Gasteiger partial charge in [-0.15, -0.1) is 0 Å². The number of amides is 4. The van der Waals surface area contributed by atoms with Gasteiger partial charge in [-0.1, -0.05) is 65.0 Å². The average Bonchev–Trinajstić information content (AvgIpc) is 3.53. The predicted octanol–water partition coefficient (Wildman–Crippen LogP) is 1.69. The van der Waals surface area contributed by atoms with Gasteiger partial charge in [0.05, 0.1) is 36.6 Å². The molecule has 1 aromatic carbocycles. The Morgan fingerprint density at radius 2 is 1.56 bits per heavy atom. The van der Waals surface area contributed by atoms with Gasteiger partial charge in [-0.2, -0.15) is 0 Å². The maximum Gasteiger partial charge on any atom is 0.326 e. The van der Waals surface area contributed by atoms with Crippen molar-refractivity contribution in [1.29, 1.82) is 0 Å². The van der Waals surface area contributed by atoms with Crippen molar-refractivity contribution in [2.75, 3.05) is 41.4 Å². The zero-order valence-electron chi connectivity index (χ0n) is 30.0. The minimum absolute atomic E-state index is 0.00627. The van der Waals surface area contributed by atoms with Crippen LogP contribution in [0.25, 0.3) is 0 Å². The molecular formula is C35H57N5O8. The molecule has 0 spiro atoms. The number of ether oxygens (including phenoxy) is 2.